The van der Waals surface area contributed by atoms with E-state index in [2.05, 4.69) is 5.11 Å². The fourth-order valence-electron chi connectivity index (χ4n) is 1.38. The lowest BCUT2D eigenvalue weighted by Crippen LogP contribution is -2.51. The van der Waals surface area contributed by atoms with Crippen molar-refractivity contribution in [2.75, 3.05) is 6.61 Å². The molecule has 0 unspecified atom stereocenters. The highest BCUT2D eigenvalue weighted by atomic mass is 19.1. The molecular formula is C8H15FO3. The number of halogens is 1. The van der Waals surface area contributed by atoms with Gasteiger partial charge in [-0.15, -0.1) is 0 Å². The number of aliphatic hydroxyl groups is 2. The molecule has 0 aromatic carbocycles. The minimum Gasteiger partial charge on any atom is -0.391 e. The molecule has 2 N–H and O–H groups in total. The van der Waals surface area contributed by atoms with E-state index in [-0.39, 0.29) is 12.5 Å². The molecule has 1 aliphatic rings. The van der Waals surface area contributed by atoms with Crippen molar-refractivity contribution in [3.8, 4) is 0 Å². The van der Waals surface area contributed by atoms with Crippen LogP contribution in [0.15, 0.2) is 0 Å². The zero-order chi connectivity index (χ0) is 10.0. The Morgan fingerprint density at radius 3 is 3.00 bits per heavy atom. The lowest BCUT2D eigenvalue weighted by molar-refractivity contribution is -0.168. The Labute approximate surface area is 72.6 Å². The van der Waals surface area contributed by atoms with Gasteiger partial charge >= 0.3 is 0 Å². The number of ether oxygens (including phenoxy) is 1. The molecule has 1 fully saturated rings. The molecule has 1 rings (SSSR count). The van der Waals surface area contributed by atoms with E-state index in [1.54, 1.807) is 13.8 Å². The Bertz CT molecular complexity index is 169. The average molecular weight is 179 g/mol. The Balaban J connectivity index is 2.58. The lowest BCUT2D eigenvalue weighted by atomic mass is 9.93. The van der Waals surface area contributed by atoms with Gasteiger partial charge in [-0.25, -0.2) is 4.39 Å². The Morgan fingerprint density at radius 2 is 2.42 bits per heavy atom. The molecule has 0 aromatic rings. The number of aliphatic hydroxyl groups excluding tert-OH is 2. The van der Waals surface area contributed by atoms with Crippen LogP contribution in [0, 0.1) is 5.92 Å². The van der Waals surface area contributed by atoms with Crippen molar-refractivity contribution in [1.29, 1.82) is 1.43 Å². The predicted molar refractivity (Wildman–Crippen MR) is 41.5 cm³/mol. The lowest BCUT2D eigenvalue weighted by Gasteiger charge is -2.36. The van der Waals surface area contributed by atoms with Gasteiger partial charge in [0, 0.05) is 5.92 Å². The van der Waals surface area contributed by atoms with Crippen molar-refractivity contribution in [2.45, 2.75) is 38.3 Å². The number of alkyl halides is 1. The second-order valence-corrected chi connectivity index (χ2v) is 3.42. The molecule has 1 aliphatic heterocycles. The van der Waals surface area contributed by atoms with E-state index in [9.17, 15) is 9.50 Å². The monoisotopic (exact) mass is 179 g/mol. The Kier molecular flexibility index (Phi) is 2.58. The van der Waals surface area contributed by atoms with Crippen LogP contribution in [0.3, 0.4) is 0 Å². The normalized spacial score (nSPS) is 46.8. The van der Waals surface area contributed by atoms with Crippen LogP contribution in [0.25, 0.3) is 0 Å². The summed E-state index contributed by atoms with van der Waals surface area (Å²) in [7, 11) is 0. The largest absolute Gasteiger partial charge is 0.391 e. The van der Waals surface area contributed by atoms with Gasteiger partial charge in [0.2, 0.25) is 1.43 Å². The zero-order valence-electron chi connectivity index (χ0n) is 8.24. The van der Waals surface area contributed by atoms with E-state index in [0.717, 1.165) is 0 Å². The quantitative estimate of drug-likeness (QED) is 0.632. The van der Waals surface area contributed by atoms with Gasteiger partial charge in [-0.05, 0) is 6.92 Å². The van der Waals surface area contributed by atoms with Gasteiger partial charge in [-0.2, -0.15) is 0 Å². The maximum atomic E-state index is 13.3. The van der Waals surface area contributed by atoms with Crippen LogP contribution < -0.4 is 0 Å². The second kappa shape index (κ2) is 3.68. The van der Waals surface area contributed by atoms with Crippen molar-refractivity contribution in [1.82, 2.24) is 0 Å². The van der Waals surface area contributed by atoms with Gasteiger partial charge in [0.15, 0.2) is 0 Å². The molecule has 4 heteroatoms. The average Bonchev–Trinajstić information content (AvgIpc) is 2.13. The first kappa shape index (κ1) is 8.41. The highest BCUT2D eigenvalue weighted by molar-refractivity contribution is 4.87. The van der Waals surface area contributed by atoms with Crippen LogP contribution in [-0.2, 0) is 4.74 Å². The molecule has 5 atom stereocenters. The summed E-state index contributed by atoms with van der Waals surface area (Å²) >= 11 is 0. The van der Waals surface area contributed by atoms with E-state index in [0.29, 0.717) is 0 Å². The maximum absolute atomic E-state index is 13.3. The first-order chi connectivity index (χ1) is 6.07. The first-order valence-corrected chi connectivity index (χ1v) is 4.13. The molecule has 3 nitrogen and oxygen atoms in total. The minimum absolute atomic E-state index is 0.261. The fourth-order valence-corrected chi connectivity index (χ4v) is 1.38. The van der Waals surface area contributed by atoms with Gasteiger partial charge in [0.1, 0.15) is 18.4 Å². The summed E-state index contributed by atoms with van der Waals surface area (Å²) in [5.41, 5.74) is 0. The number of hydrogen-bond donors (Lipinski definition) is 2. The summed E-state index contributed by atoms with van der Waals surface area (Å²) < 4.78 is 25.1. The molecule has 0 aromatic heterocycles. The fraction of sp³-hybridized carbons (Fsp3) is 1.00. The van der Waals surface area contributed by atoms with Crippen molar-refractivity contribution in [2.24, 2.45) is 5.92 Å². The molecule has 0 amide bonds. The highest BCUT2D eigenvalue weighted by Crippen LogP contribution is 2.24. The molecule has 0 spiro atoms. The van der Waals surface area contributed by atoms with Crippen LogP contribution in [-0.4, -0.2) is 42.7 Å². The van der Waals surface area contributed by atoms with E-state index < -0.39 is 24.5 Å². The van der Waals surface area contributed by atoms with Crippen LogP contribution in [0.1, 0.15) is 13.8 Å². The Hall–Kier alpha value is -0.190. The van der Waals surface area contributed by atoms with E-state index in [4.69, 9.17) is 6.17 Å². The molecule has 0 bridgehead atoms. The molecule has 72 valence electrons. The molecule has 0 aliphatic carbocycles. The number of rotatable bonds is 2. The van der Waals surface area contributed by atoms with E-state index in [1.165, 1.54) is 0 Å². The summed E-state index contributed by atoms with van der Waals surface area (Å²) in [5, 5.41) is 13.7. The first-order valence-electron chi connectivity index (χ1n) is 4.54. The highest BCUT2D eigenvalue weighted by Gasteiger charge is 2.39. The van der Waals surface area contributed by atoms with Crippen molar-refractivity contribution in [3.63, 3.8) is 0 Å². The van der Waals surface area contributed by atoms with Gasteiger partial charge in [-0.3, -0.25) is 0 Å². The maximum Gasteiger partial charge on any atom is 0.211 e. The van der Waals surface area contributed by atoms with Crippen LogP contribution in [0.2, 0.25) is 0 Å². The molecule has 0 radical (unpaired) electrons. The molecule has 0 saturated carbocycles. The minimum atomic E-state index is -1.30. The van der Waals surface area contributed by atoms with Crippen LogP contribution in [0.5, 0.6) is 0 Å². The third-order valence-electron chi connectivity index (χ3n) is 2.22. The SMILES string of the molecule is [2H]O[C@H](C)[C@H]1OC[C@@H](C)[C@H](F)[C@@H]1O. The van der Waals surface area contributed by atoms with Crippen molar-refractivity contribution < 1.29 is 19.3 Å². The zero-order valence-corrected chi connectivity index (χ0v) is 7.24. The van der Waals surface area contributed by atoms with Gasteiger partial charge in [0.25, 0.3) is 0 Å². The standard InChI is InChI=1S/C8H15FO3/c1-4-3-12-8(5(2)10)7(11)6(4)9/h4-8,10-11H,3H2,1-2H3/t4-,5-,6+,7+,8-/m1/s1/i10D. The van der Waals surface area contributed by atoms with Crippen LogP contribution in [0.4, 0.5) is 4.39 Å². The topological polar surface area (TPSA) is 49.7 Å². The molecule has 12 heavy (non-hydrogen) atoms. The van der Waals surface area contributed by atoms with Crippen molar-refractivity contribution >= 4 is 0 Å². The van der Waals surface area contributed by atoms with Gasteiger partial charge in [0.05, 0.1) is 12.7 Å². The molecule has 1 saturated heterocycles. The van der Waals surface area contributed by atoms with E-state index >= 15 is 0 Å². The smallest absolute Gasteiger partial charge is 0.211 e. The summed E-state index contributed by atoms with van der Waals surface area (Å²) in [6.07, 6.45) is -3.83. The third-order valence-corrected chi connectivity index (χ3v) is 2.22. The van der Waals surface area contributed by atoms with Gasteiger partial charge in [-0.1, -0.05) is 6.92 Å². The van der Waals surface area contributed by atoms with Crippen LogP contribution >= 0.6 is 0 Å². The summed E-state index contributed by atoms with van der Waals surface area (Å²) in [6.45, 7) is 3.51. The number of hydrogen-bond acceptors (Lipinski definition) is 3. The molecular weight excluding hydrogens is 163 g/mol. The van der Waals surface area contributed by atoms with Crippen molar-refractivity contribution in [3.05, 3.63) is 0 Å². The molecule has 1 heterocycles. The Morgan fingerprint density at radius 1 is 1.75 bits per heavy atom. The summed E-state index contributed by atoms with van der Waals surface area (Å²) in [5.74, 6) is -0.302. The second-order valence-electron chi connectivity index (χ2n) is 3.42. The predicted octanol–water partition coefficient (Wildman–Crippen LogP) is 0.101. The van der Waals surface area contributed by atoms with Gasteiger partial charge < -0.3 is 15.0 Å². The third kappa shape index (κ3) is 1.76. The summed E-state index contributed by atoms with van der Waals surface area (Å²) in [4.78, 5) is 0. The van der Waals surface area contributed by atoms with E-state index in [1.807, 2.05) is 0 Å². The summed E-state index contributed by atoms with van der Waals surface area (Å²) in [6, 6.07) is 0.